The lowest BCUT2D eigenvalue weighted by atomic mass is 10.2. The molecule has 0 fully saturated rings. The van der Waals surface area contributed by atoms with Gasteiger partial charge in [-0.15, -0.1) is 6.58 Å². The minimum atomic E-state index is -0.187. The molecule has 0 amide bonds. The monoisotopic (exact) mass is 165 g/mol. The van der Waals surface area contributed by atoms with E-state index in [1.165, 1.54) is 12.1 Å². The third kappa shape index (κ3) is 2.84. The summed E-state index contributed by atoms with van der Waals surface area (Å²) in [7, 11) is 0. The molecule has 0 unspecified atom stereocenters. The first kappa shape index (κ1) is 8.94. The van der Waals surface area contributed by atoms with Crippen molar-refractivity contribution in [1.82, 2.24) is 5.32 Å². The number of nitrogens with one attached hydrogen (secondary N) is 1. The van der Waals surface area contributed by atoms with Crippen molar-refractivity contribution in [2.24, 2.45) is 0 Å². The average molecular weight is 165 g/mol. The Bertz CT molecular complexity index is 258. The molecule has 1 nitrogen and oxygen atoms in total. The zero-order valence-electron chi connectivity index (χ0n) is 6.89. The average Bonchev–Trinajstić information content (AvgIpc) is 2.05. The molecule has 0 heterocycles. The molecule has 0 aliphatic heterocycles. The molecule has 0 radical (unpaired) electrons. The molecule has 0 bridgehead atoms. The number of halogens is 1. The summed E-state index contributed by atoms with van der Waals surface area (Å²) in [5.74, 6) is -0.187. The van der Waals surface area contributed by atoms with E-state index in [9.17, 15) is 4.39 Å². The van der Waals surface area contributed by atoms with Crippen LogP contribution in [-0.4, -0.2) is 6.54 Å². The third-order valence-electron chi connectivity index (χ3n) is 1.51. The molecule has 0 aliphatic carbocycles. The van der Waals surface area contributed by atoms with E-state index in [4.69, 9.17) is 0 Å². The molecule has 12 heavy (non-hydrogen) atoms. The van der Waals surface area contributed by atoms with Crippen molar-refractivity contribution in [2.45, 2.75) is 6.54 Å². The standard InChI is InChI=1S/C10H12FN/c1-2-6-12-8-9-4-3-5-10(11)7-9/h2-5,7,12H,1,6,8H2. The first-order chi connectivity index (χ1) is 5.83. The Hall–Kier alpha value is -1.15. The maximum atomic E-state index is 12.6. The summed E-state index contributed by atoms with van der Waals surface area (Å²) >= 11 is 0. The van der Waals surface area contributed by atoms with Gasteiger partial charge in [0, 0.05) is 13.1 Å². The van der Waals surface area contributed by atoms with Crippen molar-refractivity contribution in [3.8, 4) is 0 Å². The van der Waals surface area contributed by atoms with Crippen LogP contribution >= 0.6 is 0 Å². The number of hydrogen-bond donors (Lipinski definition) is 1. The van der Waals surface area contributed by atoms with Crippen LogP contribution in [0.5, 0.6) is 0 Å². The second-order valence-corrected chi connectivity index (χ2v) is 2.55. The van der Waals surface area contributed by atoms with Crippen LogP contribution in [0.15, 0.2) is 36.9 Å². The van der Waals surface area contributed by atoms with Crippen LogP contribution < -0.4 is 5.32 Å². The Labute approximate surface area is 71.9 Å². The fourth-order valence-electron chi connectivity index (χ4n) is 0.965. The van der Waals surface area contributed by atoms with Crippen LogP contribution in [0.1, 0.15) is 5.56 Å². The summed E-state index contributed by atoms with van der Waals surface area (Å²) < 4.78 is 12.6. The number of rotatable bonds is 4. The van der Waals surface area contributed by atoms with Crippen LogP contribution in [0.3, 0.4) is 0 Å². The molecule has 0 spiro atoms. The van der Waals surface area contributed by atoms with Crippen molar-refractivity contribution in [2.75, 3.05) is 6.54 Å². The molecule has 64 valence electrons. The van der Waals surface area contributed by atoms with Gasteiger partial charge in [0.15, 0.2) is 0 Å². The Morgan fingerprint density at radius 2 is 2.33 bits per heavy atom. The lowest BCUT2D eigenvalue weighted by molar-refractivity contribution is 0.623. The molecule has 1 aromatic rings. The molecule has 0 aliphatic rings. The van der Waals surface area contributed by atoms with Crippen molar-refractivity contribution in [3.63, 3.8) is 0 Å². The molecule has 0 aromatic heterocycles. The minimum Gasteiger partial charge on any atom is -0.309 e. The first-order valence-corrected chi connectivity index (χ1v) is 3.89. The van der Waals surface area contributed by atoms with Gasteiger partial charge in [0.05, 0.1) is 0 Å². The minimum absolute atomic E-state index is 0.187. The molecule has 0 saturated heterocycles. The summed E-state index contributed by atoms with van der Waals surface area (Å²) in [6, 6.07) is 6.56. The van der Waals surface area contributed by atoms with Crippen LogP contribution in [0.4, 0.5) is 4.39 Å². The van der Waals surface area contributed by atoms with Gasteiger partial charge in [-0.3, -0.25) is 0 Å². The van der Waals surface area contributed by atoms with Crippen molar-refractivity contribution in [3.05, 3.63) is 48.3 Å². The highest BCUT2D eigenvalue weighted by atomic mass is 19.1. The maximum Gasteiger partial charge on any atom is 0.123 e. The second kappa shape index (κ2) is 4.67. The van der Waals surface area contributed by atoms with E-state index in [1.54, 1.807) is 12.1 Å². The molecule has 2 heteroatoms. The smallest absolute Gasteiger partial charge is 0.123 e. The van der Waals surface area contributed by atoms with Gasteiger partial charge >= 0.3 is 0 Å². The van der Waals surface area contributed by atoms with Crippen LogP contribution in [-0.2, 0) is 6.54 Å². The lowest BCUT2D eigenvalue weighted by Gasteiger charge is -2.01. The fraction of sp³-hybridized carbons (Fsp3) is 0.200. The molecule has 1 rings (SSSR count). The van der Waals surface area contributed by atoms with Gasteiger partial charge in [-0.1, -0.05) is 18.2 Å². The highest BCUT2D eigenvalue weighted by Gasteiger charge is 1.92. The Kier molecular flexibility index (Phi) is 3.48. The number of benzene rings is 1. The summed E-state index contributed by atoms with van der Waals surface area (Å²) in [6.07, 6.45) is 1.78. The third-order valence-corrected chi connectivity index (χ3v) is 1.51. The van der Waals surface area contributed by atoms with E-state index in [0.29, 0.717) is 6.54 Å². The largest absolute Gasteiger partial charge is 0.309 e. The van der Waals surface area contributed by atoms with E-state index in [0.717, 1.165) is 12.1 Å². The molecule has 0 atom stereocenters. The van der Waals surface area contributed by atoms with Gasteiger partial charge in [0.2, 0.25) is 0 Å². The van der Waals surface area contributed by atoms with Gasteiger partial charge in [0.25, 0.3) is 0 Å². The zero-order chi connectivity index (χ0) is 8.81. The van der Waals surface area contributed by atoms with Gasteiger partial charge < -0.3 is 5.32 Å². The summed E-state index contributed by atoms with van der Waals surface area (Å²) in [5.41, 5.74) is 0.955. The molecule has 0 saturated carbocycles. The van der Waals surface area contributed by atoms with E-state index < -0.39 is 0 Å². The second-order valence-electron chi connectivity index (χ2n) is 2.55. The SMILES string of the molecule is C=CCNCc1cccc(F)c1. The predicted octanol–water partition coefficient (Wildman–Crippen LogP) is 2.10. The van der Waals surface area contributed by atoms with Crippen LogP contribution in [0.25, 0.3) is 0 Å². The van der Waals surface area contributed by atoms with Crippen molar-refractivity contribution < 1.29 is 4.39 Å². The lowest BCUT2D eigenvalue weighted by Crippen LogP contribution is -2.12. The molecular formula is C10H12FN. The Morgan fingerprint density at radius 1 is 1.50 bits per heavy atom. The van der Waals surface area contributed by atoms with Crippen molar-refractivity contribution >= 4 is 0 Å². The van der Waals surface area contributed by atoms with Gasteiger partial charge in [0.1, 0.15) is 5.82 Å². The quantitative estimate of drug-likeness (QED) is 0.532. The summed E-state index contributed by atoms with van der Waals surface area (Å²) in [4.78, 5) is 0. The number of hydrogen-bond acceptors (Lipinski definition) is 1. The van der Waals surface area contributed by atoms with Gasteiger partial charge in [-0.25, -0.2) is 4.39 Å². The Morgan fingerprint density at radius 3 is 3.00 bits per heavy atom. The summed E-state index contributed by atoms with van der Waals surface area (Å²) in [6.45, 7) is 5.00. The normalized spacial score (nSPS) is 9.75. The highest BCUT2D eigenvalue weighted by molar-refractivity contribution is 5.15. The zero-order valence-corrected chi connectivity index (χ0v) is 6.89. The van der Waals surface area contributed by atoms with E-state index >= 15 is 0 Å². The molecular weight excluding hydrogens is 153 g/mol. The van der Waals surface area contributed by atoms with Gasteiger partial charge in [-0.05, 0) is 17.7 Å². The molecule has 1 N–H and O–H groups in total. The fourth-order valence-corrected chi connectivity index (χ4v) is 0.965. The van der Waals surface area contributed by atoms with Crippen molar-refractivity contribution in [1.29, 1.82) is 0 Å². The first-order valence-electron chi connectivity index (χ1n) is 3.89. The topological polar surface area (TPSA) is 12.0 Å². The molecule has 1 aromatic carbocycles. The van der Waals surface area contributed by atoms with E-state index in [2.05, 4.69) is 11.9 Å². The predicted molar refractivity (Wildman–Crippen MR) is 48.3 cm³/mol. The van der Waals surface area contributed by atoms with E-state index in [-0.39, 0.29) is 5.82 Å². The summed E-state index contributed by atoms with van der Waals surface area (Å²) in [5, 5.41) is 3.09. The van der Waals surface area contributed by atoms with Crippen LogP contribution in [0.2, 0.25) is 0 Å². The Balaban J connectivity index is 2.46. The van der Waals surface area contributed by atoms with Crippen LogP contribution in [0, 0.1) is 5.82 Å². The van der Waals surface area contributed by atoms with Gasteiger partial charge in [-0.2, -0.15) is 0 Å². The highest BCUT2D eigenvalue weighted by Crippen LogP contribution is 2.02. The van der Waals surface area contributed by atoms with E-state index in [1.807, 2.05) is 6.07 Å². The maximum absolute atomic E-state index is 12.6.